The molecule has 0 bridgehead atoms. The third-order valence-corrected chi connectivity index (χ3v) is 5.68. The average molecular weight is 325 g/mol. The molecule has 22 heavy (non-hydrogen) atoms. The average Bonchev–Trinajstić information content (AvgIpc) is 2.49. The summed E-state index contributed by atoms with van der Waals surface area (Å²) >= 11 is 6.71. The third-order valence-electron chi connectivity index (χ3n) is 5.30. The first kappa shape index (κ1) is 19.8. The Hall–Kier alpha value is -0.230. The van der Waals surface area contributed by atoms with Crippen LogP contribution in [0.1, 0.15) is 97.8 Å². The van der Waals surface area contributed by atoms with E-state index >= 15 is 0 Å². The Morgan fingerprint density at radius 3 is 1.86 bits per heavy atom. The molecule has 128 valence electrons. The van der Waals surface area contributed by atoms with Crippen molar-refractivity contribution in [1.82, 2.24) is 0 Å². The summed E-state index contributed by atoms with van der Waals surface area (Å²) in [7, 11) is 0. The molecule has 1 aliphatic rings. The molecule has 0 aromatic carbocycles. The van der Waals surface area contributed by atoms with Gasteiger partial charge in [-0.3, -0.25) is 0 Å². The van der Waals surface area contributed by atoms with E-state index in [2.05, 4.69) is 45.1 Å². The van der Waals surface area contributed by atoms with Crippen LogP contribution >= 0.6 is 11.6 Å². The van der Waals surface area contributed by atoms with Gasteiger partial charge in [0.2, 0.25) is 0 Å². The lowest BCUT2D eigenvalue weighted by Crippen LogP contribution is -2.38. The Kier molecular flexibility index (Phi) is 9.48. The zero-order valence-corrected chi connectivity index (χ0v) is 15.9. The molecule has 1 aliphatic carbocycles. The van der Waals surface area contributed by atoms with Crippen molar-refractivity contribution in [2.45, 2.75) is 103 Å². The molecule has 0 amide bonds. The fourth-order valence-electron chi connectivity index (χ4n) is 3.52. The first-order valence-corrected chi connectivity index (χ1v) is 9.93. The number of hydrogen-bond acceptors (Lipinski definition) is 0. The molecule has 0 spiro atoms. The largest absolute Gasteiger partial charge is 0.119 e. The van der Waals surface area contributed by atoms with Crippen LogP contribution in [0.2, 0.25) is 0 Å². The lowest BCUT2D eigenvalue weighted by molar-refractivity contribution is 0.259. The predicted octanol–water partition coefficient (Wildman–Crippen LogP) is 7.82. The van der Waals surface area contributed by atoms with Gasteiger partial charge >= 0.3 is 0 Å². The van der Waals surface area contributed by atoms with Gasteiger partial charge in [-0.15, -0.1) is 11.6 Å². The Morgan fingerprint density at radius 2 is 1.41 bits per heavy atom. The summed E-state index contributed by atoms with van der Waals surface area (Å²) in [5.74, 6) is 0. The van der Waals surface area contributed by atoms with Gasteiger partial charge < -0.3 is 0 Å². The summed E-state index contributed by atoms with van der Waals surface area (Å²) in [6, 6.07) is 0. The van der Waals surface area contributed by atoms with Crippen LogP contribution in [0.3, 0.4) is 0 Å². The highest BCUT2D eigenvalue weighted by atomic mass is 35.5. The van der Waals surface area contributed by atoms with Crippen molar-refractivity contribution in [3.8, 4) is 0 Å². The maximum absolute atomic E-state index is 6.71. The van der Waals surface area contributed by atoms with Gasteiger partial charge in [-0.2, -0.15) is 0 Å². The Morgan fingerprint density at radius 1 is 0.864 bits per heavy atom. The van der Waals surface area contributed by atoms with E-state index in [9.17, 15) is 0 Å². The molecule has 0 aromatic heterocycles. The molecule has 0 saturated heterocycles. The molecule has 1 unspecified atom stereocenters. The minimum Gasteiger partial charge on any atom is -0.119 e. The standard InChI is InChI=1S/C21H37Cl/c1-4-5-6-7-8-9-10-11-12-14-17-21(20(2,3)22)18-15-13-16-19-21/h13,15-16,18H,4-12,14,17,19H2,1-3H3. The van der Waals surface area contributed by atoms with Crippen molar-refractivity contribution >= 4 is 11.6 Å². The molecule has 0 saturated carbocycles. The van der Waals surface area contributed by atoms with E-state index in [0.29, 0.717) is 0 Å². The van der Waals surface area contributed by atoms with Crippen LogP contribution < -0.4 is 0 Å². The molecule has 0 fully saturated rings. The zero-order valence-electron chi connectivity index (χ0n) is 15.2. The highest BCUT2D eigenvalue weighted by Gasteiger charge is 2.40. The summed E-state index contributed by atoms with van der Waals surface area (Å²) in [6.45, 7) is 6.63. The summed E-state index contributed by atoms with van der Waals surface area (Å²) < 4.78 is 0. The van der Waals surface area contributed by atoms with E-state index in [1.165, 1.54) is 70.6 Å². The van der Waals surface area contributed by atoms with Gasteiger partial charge in [0.25, 0.3) is 0 Å². The summed E-state index contributed by atoms with van der Waals surface area (Å²) in [4.78, 5) is -0.159. The van der Waals surface area contributed by atoms with Crippen molar-refractivity contribution in [3.05, 3.63) is 24.3 Å². The van der Waals surface area contributed by atoms with E-state index in [0.717, 1.165) is 6.42 Å². The SMILES string of the molecule is CCCCCCCCCCCCC1(C(C)(C)Cl)C=CC=CC1. The summed E-state index contributed by atoms with van der Waals surface area (Å²) in [6.07, 6.45) is 25.3. The second-order valence-corrected chi connectivity index (χ2v) is 8.50. The number of alkyl halides is 1. The topological polar surface area (TPSA) is 0 Å². The van der Waals surface area contributed by atoms with E-state index in [1.807, 2.05) is 0 Å². The second kappa shape index (κ2) is 10.5. The fourth-order valence-corrected chi connectivity index (χ4v) is 3.75. The van der Waals surface area contributed by atoms with Gasteiger partial charge in [-0.05, 0) is 26.7 Å². The van der Waals surface area contributed by atoms with Crippen LogP contribution in [0.15, 0.2) is 24.3 Å². The van der Waals surface area contributed by atoms with Crippen molar-refractivity contribution in [3.63, 3.8) is 0 Å². The smallest absolute Gasteiger partial charge is 0.0484 e. The summed E-state index contributed by atoms with van der Waals surface area (Å²) in [5.41, 5.74) is 0.156. The first-order valence-electron chi connectivity index (χ1n) is 9.55. The number of allylic oxidation sites excluding steroid dienone is 4. The number of hydrogen-bond donors (Lipinski definition) is 0. The zero-order chi connectivity index (χ0) is 16.3. The molecule has 0 heterocycles. The highest BCUT2D eigenvalue weighted by molar-refractivity contribution is 6.24. The lowest BCUT2D eigenvalue weighted by Gasteiger charge is -2.41. The maximum atomic E-state index is 6.71. The molecule has 0 N–H and O–H groups in total. The highest BCUT2D eigenvalue weighted by Crippen LogP contribution is 2.47. The molecule has 1 rings (SSSR count). The van der Waals surface area contributed by atoms with Gasteiger partial charge in [-0.1, -0.05) is 95.4 Å². The van der Waals surface area contributed by atoms with Crippen LogP contribution in [0.4, 0.5) is 0 Å². The van der Waals surface area contributed by atoms with Gasteiger partial charge in [-0.25, -0.2) is 0 Å². The van der Waals surface area contributed by atoms with Crippen molar-refractivity contribution < 1.29 is 0 Å². The Labute approximate surface area is 144 Å². The van der Waals surface area contributed by atoms with Crippen LogP contribution in [0.5, 0.6) is 0 Å². The van der Waals surface area contributed by atoms with Gasteiger partial charge in [0.1, 0.15) is 0 Å². The van der Waals surface area contributed by atoms with Crippen LogP contribution in [0, 0.1) is 5.41 Å². The molecular weight excluding hydrogens is 288 g/mol. The fraction of sp³-hybridized carbons (Fsp3) is 0.810. The van der Waals surface area contributed by atoms with E-state index < -0.39 is 0 Å². The van der Waals surface area contributed by atoms with Crippen LogP contribution in [-0.4, -0.2) is 4.87 Å². The molecule has 1 atom stereocenters. The maximum Gasteiger partial charge on any atom is 0.0484 e. The second-order valence-electron chi connectivity index (χ2n) is 7.55. The van der Waals surface area contributed by atoms with Crippen molar-refractivity contribution in [2.24, 2.45) is 5.41 Å². The van der Waals surface area contributed by atoms with Crippen LogP contribution in [-0.2, 0) is 0 Å². The van der Waals surface area contributed by atoms with Gasteiger partial charge in [0, 0.05) is 10.3 Å². The lowest BCUT2D eigenvalue weighted by atomic mass is 9.69. The Balaban J connectivity index is 2.12. The quantitative estimate of drug-likeness (QED) is 0.253. The molecule has 1 heteroatoms. The van der Waals surface area contributed by atoms with E-state index in [-0.39, 0.29) is 10.3 Å². The monoisotopic (exact) mass is 324 g/mol. The summed E-state index contributed by atoms with van der Waals surface area (Å²) in [5, 5.41) is 0. The molecular formula is C21H37Cl. The van der Waals surface area contributed by atoms with E-state index in [1.54, 1.807) is 0 Å². The number of rotatable bonds is 12. The third kappa shape index (κ3) is 6.90. The minimum atomic E-state index is -0.159. The first-order chi connectivity index (χ1) is 10.5. The minimum absolute atomic E-state index is 0.156. The predicted molar refractivity (Wildman–Crippen MR) is 102 cm³/mol. The molecule has 0 aromatic rings. The normalized spacial score (nSPS) is 21.5. The number of halogens is 1. The number of unbranched alkanes of at least 4 members (excludes halogenated alkanes) is 9. The van der Waals surface area contributed by atoms with Crippen molar-refractivity contribution in [1.29, 1.82) is 0 Å². The van der Waals surface area contributed by atoms with Gasteiger partial charge in [0.15, 0.2) is 0 Å². The van der Waals surface area contributed by atoms with Gasteiger partial charge in [0.05, 0.1) is 0 Å². The molecule has 0 radical (unpaired) electrons. The van der Waals surface area contributed by atoms with Crippen molar-refractivity contribution in [2.75, 3.05) is 0 Å². The Bertz CT molecular complexity index is 334. The van der Waals surface area contributed by atoms with Crippen LogP contribution in [0.25, 0.3) is 0 Å². The molecule has 0 aliphatic heterocycles. The molecule has 0 nitrogen and oxygen atoms in total. The van der Waals surface area contributed by atoms with E-state index in [4.69, 9.17) is 11.6 Å².